The van der Waals surface area contributed by atoms with Crippen LogP contribution in [0.5, 0.6) is 5.75 Å². The van der Waals surface area contributed by atoms with E-state index in [0.29, 0.717) is 23.5 Å². The van der Waals surface area contributed by atoms with Crippen molar-refractivity contribution in [3.8, 4) is 5.75 Å². The van der Waals surface area contributed by atoms with Gasteiger partial charge in [0, 0.05) is 28.2 Å². The van der Waals surface area contributed by atoms with Gasteiger partial charge < -0.3 is 24.8 Å². The molecule has 0 spiro atoms. The Morgan fingerprint density at radius 3 is 2.48 bits per heavy atom. The Hall–Kier alpha value is -2.45. The van der Waals surface area contributed by atoms with E-state index in [0.717, 1.165) is 28.8 Å². The Labute approximate surface area is 196 Å². The topological polar surface area (TPSA) is 111 Å². The normalized spacial score (nSPS) is 16.5. The lowest BCUT2D eigenvalue weighted by Crippen LogP contribution is -2.31. The van der Waals surface area contributed by atoms with Crippen molar-refractivity contribution in [2.45, 2.75) is 57.2 Å². The summed E-state index contributed by atoms with van der Waals surface area (Å²) in [6.07, 6.45) is 3.26. The summed E-state index contributed by atoms with van der Waals surface area (Å²) in [5.74, 6) is 0.266. The van der Waals surface area contributed by atoms with Gasteiger partial charge in [0.2, 0.25) is 0 Å². The standard InChI is InChI=1S/C26H30O6S/c1-2-16(11-17-5-3-4-6-18(17)14-27)23-13-22(29)21(25(30)32-23)12-20-9-10-24(33-20)26(31,15-28)19-7-8-19/h3-6,9-10,13,16,19,27-29,31H,2,7-8,11-12,14-15H2,1H3/t16-,26-/m1/s1. The van der Waals surface area contributed by atoms with E-state index < -0.39 is 11.2 Å². The van der Waals surface area contributed by atoms with Crippen molar-refractivity contribution in [3.63, 3.8) is 0 Å². The van der Waals surface area contributed by atoms with Crippen molar-refractivity contribution in [1.82, 2.24) is 0 Å². The van der Waals surface area contributed by atoms with E-state index in [9.17, 15) is 25.2 Å². The molecule has 0 aliphatic heterocycles. The van der Waals surface area contributed by atoms with Gasteiger partial charge in [0.15, 0.2) is 0 Å². The minimum atomic E-state index is -1.24. The van der Waals surface area contributed by atoms with Crippen LogP contribution in [0.25, 0.3) is 0 Å². The number of aliphatic hydroxyl groups excluding tert-OH is 2. The number of aliphatic hydroxyl groups is 3. The molecule has 4 N–H and O–H groups in total. The van der Waals surface area contributed by atoms with Crippen molar-refractivity contribution < 1.29 is 24.8 Å². The lowest BCUT2D eigenvalue weighted by Gasteiger charge is -2.24. The van der Waals surface area contributed by atoms with Gasteiger partial charge in [-0.2, -0.15) is 0 Å². The molecular formula is C26H30O6S. The number of benzene rings is 1. The van der Waals surface area contributed by atoms with E-state index in [1.807, 2.05) is 37.3 Å². The zero-order valence-corrected chi connectivity index (χ0v) is 19.5. The summed E-state index contributed by atoms with van der Waals surface area (Å²) in [7, 11) is 0. The van der Waals surface area contributed by atoms with Gasteiger partial charge in [0.1, 0.15) is 17.1 Å². The Bertz CT molecular complexity index is 1160. The molecule has 0 radical (unpaired) electrons. The predicted molar refractivity (Wildman–Crippen MR) is 127 cm³/mol. The number of aromatic hydroxyl groups is 1. The molecule has 0 amide bonds. The van der Waals surface area contributed by atoms with Gasteiger partial charge in [-0.1, -0.05) is 31.2 Å². The summed E-state index contributed by atoms with van der Waals surface area (Å²) in [6, 6.07) is 12.7. The van der Waals surface area contributed by atoms with Crippen LogP contribution in [0.3, 0.4) is 0 Å². The average Bonchev–Trinajstić information content (AvgIpc) is 3.58. The largest absolute Gasteiger partial charge is 0.507 e. The third-order valence-electron chi connectivity index (χ3n) is 6.63. The fourth-order valence-electron chi connectivity index (χ4n) is 4.36. The monoisotopic (exact) mass is 470 g/mol. The highest BCUT2D eigenvalue weighted by Crippen LogP contribution is 2.47. The quantitative estimate of drug-likeness (QED) is 0.359. The molecule has 1 aliphatic carbocycles. The molecule has 0 unspecified atom stereocenters. The maximum atomic E-state index is 12.8. The van der Waals surface area contributed by atoms with Crippen LogP contribution in [0.2, 0.25) is 0 Å². The molecule has 33 heavy (non-hydrogen) atoms. The first-order valence-electron chi connectivity index (χ1n) is 11.4. The summed E-state index contributed by atoms with van der Waals surface area (Å²) in [6.45, 7) is 1.60. The average molecular weight is 471 g/mol. The van der Waals surface area contributed by atoms with Crippen LogP contribution in [0.4, 0.5) is 0 Å². The second-order valence-corrected chi connectivity index (χ2v) is 10.0. The van der Waals surface area contributed by atoms with Crippen LogP contribution in [-0.2, 0) is 25.0 Å². The number of thiophene rings is 1. The van der Waals surface area contributed by atoms with Crippen molar-refractivity contribution >= 4 is 11.3 Å². The highest BCUT2D eigenvalue weighted by Gasteiger charge is 2.45. The van der Waals surface area contributed by atoms with E-state index in [1.165, 1.54) is 17.4 Å². The SMILES string of the molecule is CC[C@H](Cc1ccccc1CO)c1cc(O)c(Cc2ccc([C@@](O)(CO)C3CC3)s2)c(=O)o1. The lowest BCUT2D eigenvalue weighted by molar-refractivity contribution is -0.0353. The number of rotatable bonds is 10. The van der Waals surface area contributed by atoms with Gasteiger partial charge in [-0.15, -0.1) is 11.3 Å². The Morgan fingerprint density at radius 2 is 1.88 bits per heavy atom. The Kier molecular flexibility index (Phi) is 7.05. The lowest BCUT2D eigenvalue weighted by atomic mass is 9.91. The smallest absolute Gasteiger partial charge is 0.343 e. The second-order valence-electron chi connectivity index (χ2n) is 8.84. The molecule has 7 heteroatoms. The van der Waals surface area contributed by atoms with Crippen LogP contribution in [-0.4, -0.2) is 27.0 Å². The summed E-state index contributed by atoms with van der Waals surface area (Å²) < 4.78 is 5.64. The zero-order valence-electron chi connectivity index (χ0n) is 18.7. The van der Waals surface area contributed by atoms with Crippen molar-refractivity contribution in [2.75, 3.05) is 6.61 Å². The van der Waals surface area contributed by atoms with Crippen molar-refractivity contribution in [1.29, 1.82) is 0 Å². The molecule has 1 aliphatic rings. The second kappa shape index (κ2) is 9.81. The van der Waals surface area contributed by atoms with Crippen LogP contribution < -0.4 is 5.63 Å². The van der Waals surface area contributed by atoms with E-state index in [-0.39, 0.29) is 42.8 Å². The molecule has 3 aromatic rings. The Balaban J connectivity index is 1.55. The number of hydrogen-bond acceptors (Lipinski definition) is 7. The molecule has 2 atom stereocenters. The van der Waals surface area contributed by atoms with E-state index in [1.54, 1.807) is 6.07 Å². The fourth-order valence-corrected chi connectivity index (χ4v) is 5.54. The summed E-state index contributed by atoms with van der Waals surface area (Å²) in [5, 5.41) is 40.8. The van der Waals surface area contributed by atoms with Gasteiger partial charge in [-0.25, -0.2) is 4.79 Å². The zero-order chi connectivity index (χ0) is 23.6. The van der Waals surface area contributed by atoms with Gasteiger partial charge in [0.05, 0.1) is 18.8 Å². The first kappa shape index (κ1) is 23.7. The molecule has 1 aromatic carbocycles. The van der Waals surface area contributed by atoms with E-state index in [4.69, 9.17) is 4.42 Å². The summed E-state index contributed by atoms with van der Waals surface area (Å²) >= 11 is 1.34. The molecule has 0 saturated heterocycles. The van der Waals surface area contributed by atoms with Gasteiger partial charge >= 0.3 is 5.63 Å². The van der Waals surface area contributed by atoms with E-state index >= 15 is 0 Å². The molecule has 176 valence electrons. The first-order valence-corrected chi connectivity index (χ1v) is 12.2. The molecule has 1 saturated carbocycles. The highest BCUT2D eigenvalue weighted by molar-refractivity contribution is 7.12. The van der Waals surface area contributed by atoms with Crippen LogP contribution in [0.15, 0.2) is 51.7 Å². The molecular weight excluding hydrogens is 440 g/mol. The minimum Gasteiger partial charge on any atom is -0.507 e. The fraction of sp³-hybridized carbons (Fsp3) is 0.423. The Morgan fingerprint density at radius 1 is 1.15 bits per heavy atom. The van der Waals surface area contributed by atoms with Crippen LogP contribution in [0, 0.1) is 5.92 Å². The van der Waals surface area contributed by atoms with Crippen LogP contribution in [0.1, 0.15) is 64.3 Å². The predicted octanol–water partition coefficient (Wildman–Crippen LogP) is 3.82. The summed E-state index contributed by atoms with van der Waals surface area (Å²) in [4.78, 5) is 14.3. The molecule has 0 bridgehead atoms. The van der Waals surface area contributed by atoms with Gasteiger partial charge in [0.25, 0.3) is 0 Å². The van der Waals surface area contributed by atoms with Crippen molar-refractivity contribution in [2.24, 2.45) is 5.92 Å². The van der Waals surface area contributed by atoms with E-state index in [2.05, 4.69) is 0 Å². The minimum absolute atomic E-state index is 0.0598. The van der Waals surface area contributed by atoms with Crippen LogP contribution >= 0.6 is 11.3 Å². The van der Waals surface area contributed by atoms with Gasteiger partial charge in [-0.05, 0) is 54.9 Å². The third kappa shape index (κ3) is 4.92. The van der Waals surface area contributed by atoms with Gasteiger partial charge in [-0.3, -0.25) is 0 Å². The molecule has 4 rings (SSSR count). The number of hydrogen-bond donors (Lipinski definition) is 4. The molecule has 6 nitrogen and oxygen atoms in total. The third-order valence-corrected chi connectivity index (χ3v) is 7.88. The highest BCUT2D eigenvalue weighted by atomic mass is 32.1. The molecule has 2 aromatic heterocycles. The van der Waals surface area contributed by atoms with Crippen molar-refractivity contribution in [3.05, 3.63) is 85.1 Å². The maximum absolute atomic E-state index is 12.8. The maximum Gasteiger partial charge on any atom is 0.343 e. The summed E-state index contributed by atoms with van der Waals surface area (Å²) in [5.41, 5.74) is 0.182. The molecule has 2 heterocycles. The first-order chi connectivity index (χ1) is 15.9. The molecule has 1 fully saturated rings.